The van der Waals surface area contributed by atoms with Crippen LogP contribution >= 0.6 is 39.1 Å². The highest BCUT2D eigenvalue weighted by molar-refractivity contribution is 9.10. The minimum Gasteiger partial charge on any atom is -0.352 e. The second-order valence-electron chi connectivity index (χ2n) is 8.43. The van der Waals surface area contributed by atoms with Crippen LogP contribution < -0.4 is 5.32 Å². The summed E-state index contributed by atoms with van der Waals surface area (Å²) < 4.78 is 0.945. The SMILES string of the molecule is CC(C)NC(=O)[C@@H](Cc1ccccc1)N(Cc1ccc(Br)cc1)C(=O)Cc1ccc(Cl)cc1Cl. The summed E-state index contributed by atoms with van der Waals surface area (Å²) in [6, 6.07) is 21.8. The number of nitrogens with zero attached hydrogens (tertiary/aromatic N) is 1. The molecule has 0 aliphatic heterocycles. The number of benzene rings is 3. The maximum Gasteiger partial charge on any atom is 0.243 e. The van der Waals surface area contributed by atoms with E-state index in [0.29, 0.717) is 28.6 Å². The van der Waals surface area contributed by atoms with Crippen molar-refractivity contribution in [3.63, 3.8) is 0 Å². The van der Waals surface area contributed by atoms with Crippen molar-refractivity contribution in [2.75, 3.05) is 0 Å². The summed E-state index contributed by atoms with van der Waals surface area (Å²) in [6.07, 6.45) is 0.461. The Hall–Kier alpha value is -2.34. The standard InChI is InChI=1S/C27H27BrCl2N2O2/c1-18(2)31-27(34)25(14-19-6-4-3-5-7-19)32(17-20-8-11-22(28)12-9-20)26(33)15-21-10-13-23(29)16-24(21)30/h3-13,16,18,25H,14-15,17H2,1-2H3,(H,31,34)/t25-/m1/s1. The van der Waals surface area contributed by atoms with Crippen LogP contribution in [0.5, 0.6) is 0 Å². The van der Waals surface area contributed by atoms with Gasteiger partial charge in [-0.15, -0.1) is 0 Å². The van der Waals surface area contributed by atoms with E-state index in [1.54, 1.807) is 23.1 Å². The van der Waals surface area contributed by atoms with Crippen LogP contribution in [0, 0.1) is 0 Å². The molecule has 0 bridgehead atoms. The third kappa shape index (κ3) is 7.59. The maximum absolute atomic E-state index is 13.7. The number of rotatable bonds is 9. The molecule has 0 saturated heterocycles. The van der Waals surface area contributed by atoms with Crippen LogP contribution in [0.15, 0.2) is 77.3 Å². The minimum absolute atomic E-state index is 0.0545. The lowest BCUT2D eigenvalue weighted by molar-refractivity contribution is -0.141. The Morgan fingerprint density at radius 2 is 1.62 bits per heavy atom. The summed E-state index contributed by atoms with van der Waals surface area (Å²) in [5.74, 6) is -0.376. The lowest BCUT2D eigenvalue weighted by Gasteiger charge is -2.32. The molecule has 0 aliphatic rings. The van der Waals surface area contributed by atoms with Gasteiger partial charge in [-0.1, -0.05) is 87.7 Å². The molecule has 7 heteroatoms. The highest BCUT2D eigenvalue weighted by atomic mass is 79.9. The van der Waals surface area contributed by atoms with Gasteiger partial charge in [0.1, 0.15) is 6.04 Å². The summed E-state index contributed by atoms with van der Waals surface area (Å²) in [5.41, 5.74) is 2.57. The number of carbonyl (C=O) groups is 2. The molecule has 3 rings (SSSR count). The average molecular weight is 562 g/mol. The normalized spacial score (nSPS) is 11.8. The van der Waals surface area contributed by atoms with E-state index in [2.05, 4.69) is 21.2 Å². The van der Waals surface area contributed by atoms with Gasteiger partial charge in [0.05, 0.1) is 6.42 Å². The predicted molar refractivity (Wildman–Crippen MR) is 142 cm³/mol. The Labute approximate surface area is 219 Å². The number of hydrogen-bond acceptors (Lipinski definition) is 2. The smallest absolute Gasteiger partial charge is 0.243 e. The summed E-state index contributed by atoms with van der Waals surface area (Å²) >= 11 is 15.8. The van der Waals surface area contributed by atoms with Crippen molar-refractivity contribution in [2.45, 2.75) is 45.3 Å². The second kappa shape index (κ2) is 12.4. The molecule has 0 fully saturated rings. The summed E-state index contributed by atoms with van der Waals surface area (Å²) in [4.78, 5) is 28.7. The molecule has 0 heterocycles. The van der Waals surface area contributed by atoms with Crippen molar-refractivity contribution in [1.29, 1.82) is 0 Å². The number of hydrogen-bond donors (Lipinski definition) is 1. The molecule has 0 unspecified atom stereocenters. The Morgan fingerprint density at radius 3 is 2.24 bits per heavy atom. The van der Waals surface area contributed by atoms with Crippen molar-refractivity contribution in [2.24, 2.45) is 0 Å². The zero-order valence-electron chi connectivity index (χ0n) is 19.1. The van der Waals surface area contributed by atoms with Crippen molar-refractivity contribution in [1.82, 2.24) is 10.2 Å². The fourth-order valence-corrected chi connectivity index (χ4v) is 4.39. The van der Waals surface area contributed by atoms with Gasteiger partial charge in [-0.2, -0.15) is 0 Å². The molecular formula is C27H27BrCl2N2O2. The van der Waals surface area contributed by atoms with Crippen LogP contribution in [0.2, 0.25) is 10.0 Å². The molecule has 1 atom stereocenters. The highest BCUT2D eigenvalue weighted by Gasteiger charge is 2.31. The first-order valence-corrected chi connectivity index (χ1v) is 12.6. The lowest BCUT2D eigenvalue weighted by atomic mass is 10.0. The number of amides is 2. The summed E-state index contributed by atoms with van der Waals surface area (Å²) in [6.45, 7) is 4.11. The number of halogens is 3. The van der Waals surface area contributed by atoms with Crippen molar-refractivity contribution < 1.29 is 9.59 Å². The molecule has 34 heavy (non-hydrogen) atoms. The van der Waals surface area contributed by atoms with Crippen molar-refractivity contribution >= 4 is 50.9 Å². The van der Waals surface area contributed by atoms with Crippen LogP contribution in [-0.2, 0) is 29.0 Å². The van der Waals surface area contributed by atoms with Crippen molar-refractivity contribution in [3.8, 4) is 0 Å². The van der Waals surface area contributed by atoms with Crippen LogP contribution in [0.1, 0.15) is 30.5 Å². The molecule has 1 N–H and O–H groups in total. The minimum atomic E-state index is -0.688. The van der Waals surface area contributed by atoms with Gasteiger partial charge >= 0.3 is 0 Å². The first-order valence-electron chi connectivity index (χ1n) is 11.0. The Morgan fingerprint density at radius 1 is 0.941 bits per heavy atom. The van der Waals surface area contributed by atoms with Gasteiger partial charge in [0.25, 0.3) is 0 Å². The molecule has 0 saturated carbocycles. The van der Waals surface area contributed by atoms with Crippen LogP contribution in [0.25, 0.3) is 0 Å². The first kappa shape index (κ1) is 26.3. The summed E-state index contributed by atoms with van der Waals surface area (Å²) in [5, 5.41) is 3.92. The summed E-state index contributed by atoms with van der Waals surface area (Å²) in [7, 11) is 0. The van der Waals surface area contributed by atoms with Crippen LogP contribution in [0.3, 0.4) is 0 Å². The Balaban J connectivity index is 1.98. The predicted octanol–water partition coefficient (Wildman–Crippen LogP) is 6.46. The fourth-order valence-electron chi connectivity index (χ4n) is 3.65. The van der Waals surface area contributed by atoms with E-state index < -0.39 is 6.04 Å². The number of nitrogens with one attached hydrogen (secondary N) is 1. The fraction of sp³-hybridized carbons (Fsp3) is 0.259. The van der Waals surface area contributed by atoms with Crippen LogP contribution in [-0.4, -0.2) is 28.8 Å². The average Bonchev–Trinajstić information content (AvgIpc) is 2.79. The van der Waals surface area contributed by atoms with Crippen LogP contribution in [0.4, 0.5) is 0 Å². The second-order valence-corrected chi connectivity index (χ2v) is 10.2. The maximum atomic E-state index is 13.7. The molecular weight excluding hydrogens is 535 g/mol. The molecule has 178 valence electrons. The molecule has 0 spiro atoms. The topological polar surface area (TPSA) is 49.4 Å². The third-order valence-electron chi connectivity index (χ3n) is 5.32. The van der Waals surface area contributed by atoms with E-state index in [-0.39, 0.29) is 24.3 Å². The molecule has 0 aliphatic carbocycles. The Kier molecular flexibility index (Phi) is 9.57. The Bertz CT molecular complexity index is 1120. The van der Waals surface area contributed by atoms with Gasteiger partial charge in [0, 0.05) is 33.5 Å². The van der Waals surface area contributed by atoms with E-state index in [1.165, 1.54) is 0 Å². The van der Waals surface area contributed by atoms with Gasteiger partial charge in [0.15, 0.2) is 0 Å². The van der Waals surface area contributed by atoms with E-state index >= 15 is 0 Å². The quantitative estimate of drug-likeness (QED) is 0.326. The van der Waals surface area contributed by atoms with E-state index in [0.717, 1.165) is 15.6 Å². The highest BCUT2D eigenvalue weighted by Crippen LogP contribution is 2.24. The molecule has 3 aromatic rings. The zero-order valence-corrected chi connectivity index (χ0v) is 22.2. The lowest BCUT2D eigenvalue weighted by Crippen LogP contribution is -2.52. The van der Waals surface area contributed by atoms with E-state index in [4.69, 9.17) is 23.2 Å². The van der Waals surface area contributed by atoms with Gasteiger partial charge < -0.3 is 10.2 Å². The molecule has 3 aromatic carbocycles. The molecule has 0 radical (unpaired) electrons. The van der Waals surface area contributed by atoms with Gasteiger partial charge in [0.2, 0.25) is 11.8 Å². The van der Waals surface area contributed by atoms with Gasteiger partial charge in [-0.25, -0.2) is 0 Å². The third-order valence-corrected chi connectivity index (χ3v) is 6.44. The zero-order chi connectivity index (χ0) is 24.7. The van der Waals surface area contributed by atoms with E-state index in [9.17, 15) is 9.59 Å². The van der Waals surface area contributed by atoms with Gasteiger partial charge in [-0.3, -0.25) is 9.59 Å². The van der Waals surface area contributed by atoms with Crippen molar-refractivity contribution in [3.05, 3.63) is 104 Å². The molecule has 0 aromatic heterocycles. The monoisotopic (exact) mass is 560 g/mol. The molecule has 2 amide bonds. The number of carbonyl (C=O) groups excluding carboxylic acids is 2. The first-order chi connectivity index (χ1) is 16.2. The van der Waals surface area contributed by atoms with E-state index in [1.807, 2.05) is 68.4 Å². The largest absolute Gasteiger partial charge is 0.352 e. The molecule has 4 nitrogen and oxygen atoms in total. The van der Waals surface area contributed by atoms with Gasteiger partial charge in [-0.05, 0) is 54.8 Å².